The lowest BCUT2D eigenvalue weighted by Crippen LogP contribution is -1.98. The topological polar surface area (TPSA) is 9.86 Å². The minimum atomic E-state index is 1.02. The third-order valence-electron chi connectivity index (χ3n) is 10.3. The Balaban J connectivity index is 1.46. The van der Waals surface area contributed by atoms with E-state index in [0.29, 0.717) is 0 Å². The summed E-state index contributed by atoms with van der Waals surface area (Å²) < 4.78 is 4.86. The van der Waals surface area contributed by atoms with Gasteiger partial charge in [-0.05, 0) is 114 Å². The van der Waals surface area contributed by atoms with Gasteiger partial charge in [0.05, 0.1) is 16.6 Å². The van der Waals surface area contributed by atoms with Crippen LogP contribution in [-0.4, -0.2) is 9.13 Å². The van der Waals surface area contributed by atoms with E-state index in [2.05, 4.69) is 182 Å². The molecule has 0 aliphatic rings. The van der Waals surface area contributed by atoms with Gasteiger partial charge in [0.15, 0.2) is 0 Å². The molecule has 8 rings (SSSR count). The summed E-state index contributed by atoms with van der Waals surface area (Å²) in [4.78, 5) is 0. The van der Waals surface area contributed by atoms with Crippen LogP contribution < -0.4 is 0 Å². The molecule has 2 aromatic heterocycles. The van der Waals surface area contributed by atoms with Gasteiger partial charge < -0.3 is 9.13 Å². The van der Waals surface area contributed by atoms with Crippen LogP contribution in [0.2, 0.25) is 0 Å². The maximum atomic E-state index is 3.98. The van der Waals surface area contributed by atoms with Crippen molar-refractivity contribution in [3.63, 3.8) is 0 Å². The number of hydrogen-bond acceptors (Lipinski definition) is 0. The number of unbranched alkanes of at least 4 members (excludes halogenated alkanes) is 1. The molecule has 0 radical (unpaired) electrons. The lowest BCUT2D eigenvalue weighted by molar-refractivity contribution is 0.799. The molecule has 2 heterocycles. The number of aryl methyl sites for hydroxylation is 3. The third kappa shape index (κ3) is 5.11. The predicted octanol–water partition coefficient (Wildman–Crippen LogP) is 13.2. The molecule has 2 nitrogen and oxygen atoms in total. The highest BCUT2D eigenvalue weighted by molar-refractivity contribution is 6.18. The highest BCUT2D eigenvalue weighted by Crippen LogP contribution is 2.45. The fourth-order valence-electron chi connectivity index (χ4n) is 8.07. The number of fused-ring (bicyclic) bond motifs is 4. The second kappa shape index (κ2) is 13.2. The van der Waals surface area contributed by atoms with Crippen molar-refractivity contribution in [1.82, 2.24) is 9.13 Å². The Labute approximate surface area is 295 Å². The number of aromatic nitrogens is 2. The molecule has 0 aliphatic heterocycles. The molecule has 0 saturated carbocycles. The predicted molar refractivity (Wildman–Crippen MR) is 216 cm³/mol. The second-order valence-corrected chi connectivity index (χ2v) is 13.2. The fourth-order valence-corrected chi connectivity index (χ4v) is 8.07. The van der Waals surface area contributed by atoms with Crippen molar-refractivity contribution in [3.05, 3.63) is 175 Å². The normalized spacial score (nSPS) is 11.7. The fraction of sp³-hybridized carbons (Fsp3) is 0.125. The highest BCUT2D eigenvalue weighted by Gasteiger charge is 2.23. The Morgan fingerprint density at radius 2 is 1.14 bits per heavy atom. The van der Waals surface area contributed by atoms with E-state index in [1.165, 1.54) is 88.7 Å². The minimum absolute atomic E-state index is 1.02. The highest BCUT2D eigenvalue weighted by atomic mass is 15.0. The average molecular weight is 647 g/mol. The molecule has 0 saturated heterocycles. The Kier molecular flexibility index (Phi) is 8.30. The van der Waals surface area contributed by atoms with Gasteiger partial charge in [-0.25, -0.2) is 0 Å². The molecule has 2 heteroatoms. The van der Waals surface area contributed by atoms with Crippen molar-refractivity contribution in [2.45, 2.75) is 40.0 Å². The van der Waals surface area contributed by atoms with Crippen molar-refractivity contribution in [1.29, 1.82) is 0 Å². The average Bonchev–Trinajstić information content (AvgIpc) is 3.66. The van der Waals surface area contributed by atoms with Crippen molar-refractivity contribution in [2.24, 2.45) is 0 Å². The Hall–Kier alpha value is -5.86. The first kappa shape index (κ1) is 31.4. The Morgan fingerprint density at radius 3 is 1.80 bits per heavy atom. The molecular weight excluding hydrogens is 605 g/mol. The van der Waals surface area contributed by atoms with Crippen LogP contribution in [-0.2, 0) is 6.42 Å². The van der Waals surface area contributed by atoms with Gasteiger partial charge in [0.2, 0.25) is 0 Å². The van der Waals surface area contributed by atoms with Crippen LogP contribution in [0.4, 0.5) is 0 Å². The molecule has 8 aromatic rings. The van der Waals surface area contributed by atoms with Gasteiger partial charge in [0.1, 0.15) is 0 Å². The summed E-state index contributed by atoms with van der Waals surface area (Å²) in [5.41, 5.74) is 16.4. The number of hydrogen-bond donors (Lipinski definition) is 0. The SMILES string of the molecule is C=C/C=C\c1c(C)c2c(CCCC)c(-c3ccc4c(c3C)c3c(-c5ccccc5)cccc3n4-c3ccccc3)ccc2n1-c1ccccc1. The van der Waals surface area contributed by atoms with Crippen LogP contribution in [0.5, 0.6) is 0 Å². The maximum absolute atomic E-state index is 3.98. The van der Waals surface area contributed by atoms with Crippen LogP contribution in [0.3, 0.4) is 0 Å². The van der Waals surface area contributed by atoms with Gasteiger partial charge in [-0.2, -0.15) is 0 Å². The summed E-state index contributed by atoms with van der Waals surface area (Å²) in [6, 6.07) is 48.6. The summed E-state index contributed by atoms with van der Waals surface area (Å²) >= 11 is 0. The van der Waals surface area contributed by atoms with Gasteiger partial charge in [0, 0.05) is 33.2 Å². The summed E-state index contributed by atoms with van der Waals surface area (Å²) in [5.74, 6) is 0. The molecule has 0 spiro atoms. The van der Waals surface area contributed by atoms with Crippen molar-refractivity contribution in [2.75, 3.05) is 0 Å². The number of benzene rings is 6. The van der Waals surface area contributed by atoms with Crippen molar-refractivity contribution in [3.8, 4) is 33.6 Å². The molecule has 0 unspecified atom stereocenters. The molecular formula is C48H42N2. The van der Waals surface area contributed by atoms with Crippen molar-refractivity contribution >= 4 is 38.8 Å². The zero-order valence-corrected chi connectivity index (χ0v) is 29.2. The van der Waals surface area contributed by atoms with E-state index < -0.39 is 0 Å². The monoisotopic (exact) mass is 646 g/mol. The molecule has 0 bridgehead atoms. The summed E-state index contributed by atoms with van der Waals surface area (Å²) in [7, 11) is 0. The summed E-state index contributed by atoms with van der Waals surface area (Å²) in [6.07, 6.45) is 9.42. The zero-order valence-electron chi connectivity index (χ0n) is 29.2. The minimum Gasteiger partial charge on any atom is -0.310 e. The summed E-state index contributed by atoms with van der Waals surface area (Å²) in [6.45, 7) is 10.9. The Bertz CT molecular complexity index is 2530. The van der Waals surface area contributed by atoms with Crippen LogP contribution >= 0.6 is 0 Å². The largest absolute Gasteiger partial charge is 0.310 e. The summed E-state index contributed by atoms with van der Waals surface area (Å²) in [5, 5.41) is 3.98. The van der Waals surface area contributed by atoms with E-state index in [1.54, 1.807) is 0 Å². The molecule has 0 amide bonds. The quantitative estimate of drug-likeness (QED) is 0.138. The smallest absolute Gasteiger partial charge is 0.0547 e. The number of allylic oxidation sites excluding steroid dienone is 2. The first-order valence-corrected chi connectivity index (χ1v) is 17.8. The van der Waals surface area contributed by atoms with E-state index in [-0.39, 0.29) is 0 Å². The number of nitrogens with zero attached hydrogens (tertiary/aromatic N) is 2. The molecule has 0 aliphatic carbocycles. The number of rotatable bonds is 9. The van der Waals surface area contributed by atoms with Gasteiger partial charge in [-0.3, -0.25) is 0 Å². The van der Waals surface area contributed by atoms with Gasteiger partial charge in [-0.15, -0.1) is 0 Å². The molecule has 0 fully saturated rings. The number of para-hydroxylation sites is 2. The maximum Gasteiger partial charge on any atom is 0.0547 e. The van der Waals surface area contributed by atoms with Crippen LogP contribution in [0, 0.1) is 13.8 Å². The van der Waals surface area contributed by atoms with E-state index in [0.717, 1.165) is 19.3 Å². The van der Waals surface area contributed by atoms with Crippen LogP contribution in [0.15, 0.2) is 152 Å². The first-order valence-electron chi connectivity index (χ1n) is 17.8. The molecule has 0 atom stereocenters. The van der Waals surface area contributed by atoms with Gasteiger partial charge in [-0.1, -0.05) is 123 Å². The lowest BCUT2D eigenvalue weighted by atomic mass is 9.88. The zero-order chi connectivity index (χ0) is 34.2. The van der Waals surface area contributed by atoms with E-state index in [4.69, 9.17) is 0 Å². The van der Waals surface area contributed by atoms with E-state index in [1.807, 2.05) is 6.08 Å². The molecule has 6 aromatic carbocycles. The molecule has 50 heavy (non-hydrogen) atoms. The van der Waals surface area contributed by atoms with Gasteiger partial charge in [0.25, 0.3) is 0 Å². The third-order valence-corrected chi connectivity index (χ3v) is 10.3. The van der Waals surface area contributed by atoms with E-state index >= 15 is 0 Å². The molecule has 244 valence electrons. The standard InChI is InChI=1S/C48H42N2/c1-5-7-25-41-40(30-32-44-46(41)34(4)42(27-8-6-2)49(44)36-21-14-10-15-22-36)38-29-31-45-47(33(38)3)48-39(35-19-12-9-13-20-35)26-18-28-43(48)50(45)37-23-16-11-17-24-37/h6,8-24,26-32H,2,5,7,25H2,1,3-4H3/b27-8-. The lowest BCUT2D eigenvalue weighted by Gasteiger charge is -2.17. The van der Waals surface area contributed by atoms with E-state index in [9.17, 15) is 0 Å². The van der Waals surface area contributed by atoms with Gasteiger partial charge >= 0.3 is 0 Å². The first-order chi connectivity index (χ1) is 24.6. The molecule has 0 N–H and O–H groups in total. The van der Waals surface area contributed by atoms with Crippen LogP contribution in [0.1, 0.15) is 42.1 Å². The Morgan fingerprint density at radius 1 is 0.540 bits per heavy atom. The van der Waals surface area contributed by atoms with Crippen LogP contribution in [0.25, 0.3) is 72.4 Å². The van der Waals surface area contributed by atoms with Crippen molar-refractivity contribution < 1.29 is 0 Å². The second-order valence-electron chi connectivity index (χ2n) is 13.2.